The molecule has 1 saturated heterocycles. The molecule has 1 amide bonds. The molecule has 1 aliphatic heterocycles. The normalized spacial score (nSPS) is 25.1. The Kier molecular flexibility index (Phi) is 3.81. The highest BCUT2D eigenvalue weighted by molar-refractivity contribution is 7.91. The molecule has 0 aromatic heterocycles. The maximum absolute atomic E-state index is 12.4. The summed E-state index contributed by atoms with van der Waals surface area (Å²) < 4.78 is 47.9. The van der Waals surface area contributed by atoms with Crippen LogP contribution in [0.25, 0.3) is 0 Å². The van der Waals surface area contributed by atoms with Gasteiger partial charge in [0.1, 0.15) is 0 Å². The van der Waals surface area contributed by atoms with Gasteiger partial charge in [-0.25, -0.2) is 8.42 Å². The van der Waals surface area contributed by atoms with Crippen molar-refractivity contribution in [3.63, 3.8) is 0 Å². The average Bonchev–Trinajstić information content (AvgIpc) is 2.14. The molecule has 0 aliphatic carbocycles. The molecule has 0 spiro atoms. The van der Waals surface area contributed by atoms with Crippen LogP contribution < -0.4 is 0 Å². The van der Waals surface area contributed by atoms with Crippen LogP contribution in [-0.4, -0.2) is 49.7 Å². The van der Waals surface area contributed by atoms with E-state index in [1.165, 1.54) is 0 Å². The van der Waals surface area contributed by atoms with Crippen LogP contribution in [0, 0.1) is 5.41 Å². The number of carbonyl (C=O) groups excluding carboxylic acids is 1. The lowest BCUT2D eigenvalue weighted by Crippen LogP contribution is -2.57. The predicted molar refractivity (Wildman–Crippen MR) is 59.6 cm³/mol. The molecule has 0 radical (unpaired) electrons. The topological polar surface area (TPSA) is 54.5 Å². The van der Waals surface area contributed by atoms with E-state index < -0.39 is 33.6 Å². The molecule has 17 heavy (non-hydrogen) atoms. The fraction of sp³-hybridized carbons (Fsp3) is 0.900. The summed E-state index contributed by atoms with van der Waals surface area (Å²) in [5.74, 6) is -1.76. The lowest BCUT2D eigenvalue weighted by Gasteiger charge is -2.42. The number of rotatable bonds is 1. The smallest absolute Gasteiger partial charge is 0.315 e. The standard InChI is InChI=1S/C10H17F2NO3S/c1-10(2,3)7-6-17(15,16)5-4-13(7)9(14)8(11)12/h7-8H,4-6H2,1-3H3. The second-order valence-corrected chi connectivity index (χ2v) is 7.56. The minimum atomic E-state index is -3.25. The van der Waals surface area contributed by atoms with Crippen LogP contribution in [0.15, 0.2) is 0 Å². The summed E-state index contributed by atoms with van der Waals surface area (Å²) in [6.45, 7) is 5.08. The third-order valence-electron chi connectivity index (χ3n) is 2.90. The number of amides is 1. The fourth-order valence-corrected chi connectivity index (χ4v) is 3.72. The third-order valence-corrected chi connectivity index (χ3v) is 4.53. The van der Waals surface area contributed by atoms with Crippen LogP contribution in [0.5, 0.6) is 0 Å². The number of carbonyl (C=O) groups is 1. The second-order valence-electron chi connectivity index (χ2n) is 5.33. The number of nitrogens with zero attached hydrogens (tertiary/aromatic N) is 1. The fourth-order valence-electron chi connectivity index (χ4n) is 1.91. The number of hydrogen-bond acceptors (Lipinski definition) is 3. The summed E-state index contributed by atoms with van der Waals surface area (Å²) in [5.41, 5.74) is -0.544. The van der Waals surface area contributed by atoms with Gasteiger partial charge in [-0.1, -0.05) is 20.8 Å². The van der Waals surface area contributed by atoms with E-state index in [-0.39, 0.29) is 18.1 Å². The van der Waals surface area contributed by atoms with Crippen molar-refractivity contribution >= 4 is 15.7 Å². The average molecular weight is 269 g/mol. The van der Waals surface area contributed by atoms with E-state index >= 15 is 0 Å². The predicted octanol–water partition coefficient (Wildman–Crippen LogP) is 0.923. The number of hydrogen-bond donors (Lipinski definition) is 0. The first-order valence-corrected chi connectivity index (χ1v) is 7.16. The Labute approximate surface area is 99.9 Å². The minimum Gasteiger partial charge on any atom is -0.332 e. The summed E-state index contributed by atoms with van der Waals surface area (Å²) >= 11 is 0. The molecule has 0 saturated carbocycles. The first-order chi connectivity index (χ1) is 7.54. The molecule has 100 valence electrons. The van der Waals surface area contributed by atoms with Crippen molar-refractivity contribution in [2.75, 3.05) is 18.1 Å². The quantitative estimate of drug-likeness (QED) is 0.711. The molecule has 0 bridgehead atoms. The molecule has 1 rings (SSSR count). The largest absolute Gasteiger partial charge is 0.332 e. The SMILES string of the molecule is CC(C)(C)C1CS(=O)(=O)CCN1C(=O)C(F)F. The Hall–Kier alpha value is -0.720. The van der Waals surface area contributed by atoms with Crippen molar-refractivity contribution in [2.24, 2.45) is 5.41 Å². The van der Waals surface area contributed by atoms with Gasteiger partial charge in [0.2, 0.25) is 0 Å². The Morgan fingerprint density at radius 2 is 1.88 bits per heavy atom. The van der Waals surface area contributed by atoms with Crippen molar-refractivity contribution in [3.05, 3.63) is 0 Å². The zero-order chi connectivity index (χ0) is 13.4. The highest BCUT2D eigenvalue weighted by Crippen LogP contribution is 2.29. The van der Waals surface area contributed by atoms with Crippen molar-refractivity contribution in [3.8, 4) is 0 Å². The van der Waals surface area contributed by atoms with Crippen LogP contribution in [0.1, 0.15) is 20.8 Å². The van der Waals surface area contributed by atoms with Crippen LogP contribution >= 0.6 is 0 Å². The van der Waals surface area contributed by atoms with Gasteiger partial charge in [0.25, 0.3) is 5.91 Å². The van der Waals surface area contributed by atoms with E-state index in [9.17, 15) is 22.0 Å². The maximum atomic E-state index is 12.4. The molecule has 1 heterocycles. The molecule has 1 fully saturated rings. The number of sulfone groups is 1. The van der Waals surface area contributed by atoms with Gasteiger partial charge in [0.15, 0.2) is 9.84 Å². The highest BCUT2D eigenvalue weighted by Gasteiger charge is 2.42. The van der Waals surface area contributed by atoms with Crippen LogP contribution in [0.4, 0.5) is 8.78 Å². The van der Waals surface area contributed by atoms with E-state index in [0.29, 0.717) is 0 Å². The zero-order valence-electron chi connectivity index (χ0n) is 10.1. The van der Waals surface area contributed by atoms with Crippen molar-refractivity contribution in [1.82, 2.24) is 4.90 Å². The number of halogens is 2. The van der Waals surface area contributed by atoms with Crippen LogP contribution in [-0.2, 0) is 14.6 Å². The van der Waals surface area contributed by atoms with Gasteiger partial charge in [0, 0.05) is 6.54 Å². The van der Waals surface area contributed by atoms with Gasteiger partial charge in [-0.3, -0.25) is 4.79 Å². The molecule has 1 atom stereocenters. The summed E-state index contributed by atoms with van der Waals surface area (Å²) in [7, 11) is -3.25. The summed E-state index contributed by atoms with van der Waals surface area (Å²) in [4.78, 5) is 12.4. The van der Waals surface area contributed by atoms with E-state index in [1.807, 2.05) is 0 Å². The molecule has 4 nitrogen and oxygen atoms in total. The van der Waals surface area contributed by atoms with Crippen molar-refractivity contribution < 1.29 is 22.0 Å². The number of alkyl halides is 2. The van der Waals surface area contributed by atoms with Crippen molar-refractivity contribution in [1.29, 1.82) is 0 Å². The van der Waals surface area contributed by atoms with Crippen LogP contribution in [0.2, 0.25) is 0 Å². The van der Waals surface area contributed by atoms with Gasteiger partial charge >= 0.3 is 6.43 Å². The Balaban J connectivity index is 3.01. The summed E-state index contributed by atoms with van der Waals surface area (Å²) in [5, 5.41) is 0. The summed E-state index contributed by atoms with van der Waals surface area (Å²) in [6.07, 6.45) is -3.08. The molecular formula is C10H17F2NO3S. The van der Waals surface area contributed by atoms with Crippen LogP contribution in [0.3, 0.4) is 0 Å². The summed E-state index contributed by atoms with van der Waals surface area (Å²) in [6, 6.07) is -0.692. The maximum Gasteiger partial charge on any atom is 0.315 e. The van der Waals surface area contributed by atoms with E-state index in [2.05, 4.69) is 0 Å². The molecule has 1 unspecified atom stereocenters. The molecule has 1 aliphatic rings. The lowest BCUT2D eigenvalue weighted by molar-refractivity contribution is -0.147. The van der Waals surface area contributed by atoms with Gasteiger partial charge in [-0.2, -0.15) is 8.78 Å². The Bertz CT molecular complexity index is 400. The molecule has 7 heteroatoms. The Morgan fingerprint density at radius 1 is 1.35 bits per heavy atom. The van der Waals surface area contributed by atoms with E-state index in [1.54, 1.807) is 20.8 Å². The minimum absolute atomic E-state index is 0.145. The van der Waals surface area contributed by atoms with Gasteiger partial charge in [-0.15, -0.1) is 0 Å². The van der Waals surface area contributed by atoms with Gasteiger partial charge in [-0.05, 0) is 5.41 Å². The molecular weight excluding hydrogens is 252 g/mol. The molecule has 0 aromatic rings. The second kappa shape index (κ2) is 4.51. The van der Waals surface area contributed by atoms with Gasteiger partial charge in [0.05, 0.1) is 17.5 Å². The molecule has 0 aromatic carbocycles. The van der Waals surface area contributed by atoms with Gasteiger partial charge < -0.3 is 4.90 Å². The Morgan fingerprint density at radius 3 is 2.29 bits per heavy atom. The first-order valence-electron chi connectivity index (χ1n) is 5.33. The zero-order valence-corrected chi connectivity index (χ0v) is 10.9. The van der Waals surface area contributed by atoms with E-state index in [0.717, 1.165) is 4.90 Å². The van der Waals surface area contributed by atoms with E-state index in [4.69, 9.17) is 0 Å². The third kappa shape index (κ3) is 3.37. The monoisotopic (exact) mass is 269 g/mol. The molecule has 0 N–H and O–H groups in total. The highest BCUT2D eigenvalue weighted by atomic mass is 32.2. The van der Waals surface area contributed by atoms with Crippen molar-refractivity contribution in [2.45, 2.75) is 33.2 Å². The lowest BCUT2D eigenvalue weighted by atomic mass is 9.86. The first kappa shape index (κ1) is 14.3.